The van der Waals surface area contributed by atoms with Gasteiger partial charge in [-0.1, -0.05) is 12.1 Å². The number of benzene rings is 1. The van der Waals surface area contributed by atoms with Crippen LogP contribution in [0.25, 0.3) is 11.5 Å². The van der Waals surface area contributed by atoms with Crippen molar-refractivity contribution < 1.29 is 18.8 Å². The maximum absolute atomic E-state index is 12.6. The largest absolute Gasteiger partial charge is 0.441 e. The topological polar surface area (TPSA) is 110 Å². The third-order valence-electron chi connectivity index (χ3n) is 5.22. The van der Waals surface area contributed by atoms with E-state index in [-0.39, 0.29) is 12.1 Å². The van der Waals surface area contributed by atoms with Crippen LogP contribution in [0.15, 0.2) is 28.8 Å². The van der Waals surface area contributed by atoms with Crippen LogP contribution >= 0.6 is 0 Å². The summed E-state index contributed by atoms with van der Waals surface area (Å²) in [5.74, 6) is 1.13. The fourth-order valence-corrected chi connectivity index (χ4v) is 3.57. The Hall–Kier alpha value is -3.10. The van der Waals surface area contributed by atoms with Gasteiger partial charge in [0.1, 0.15) is 5.60 Å². The second kappa shape index (κ2) is 7.49. The molecule has 0 aliphatic carbocycles. The van der Waals surface area contributed by atoms with E-state index in [0.717, 1.165) is 18.4 Å². The van der Waals surface area contributed by atoms with Crippen molar-refractivity contribution in [3.8, 4) is 11.5 Å². The predicted octanol–water partition coefficient (Wildman–Crippen LogP) is 2.80. The molecule has 28 heavy (non-hydrogen) atoms. The summed E-state index contributed by atoms with van der Waals surface area (Å²) in [5, 5.41) is 9.53. The van der Waals surface area contributed by atoms with Crippen molar-refractivity contribution in [1.82, 2.24) is 20.4 Å². The number of hydrogen-bond donors (Lipinski definition) is 2. The lowest BCUT2D eigenvalue weighted by atomic mass is 9.95. The van der Waals surface area contributed by atoms with Gasteiger partial charge in [0, 0.05) is 37.2 Å². The zero-order valence-electron chi connectivity index (χ0n) is 15.7. The molecule has 148 valence electrons. The normalized spacial score (nSPS) is 21.9. The lowest BCUT2D eigenvalue weighted by molar-refractivity contribution is 0.0454. The summed E-state index contributed by atoms with van der Waals surface area (Å²) in [5.41, 5.74) is 1.02. The van der Waals surface area contributed by atoms with Crippen LogP contribution in [0.5, 0.6) is 0 Å². The zero-order chi connectivity index (χ0) is 19.6. The number of nitrogens with one attached hydrogen (secondary N) is 2. The molecule has 1 spiro atoms. The number of anilines is 1. The van der Waals surface area contributed by atoms with Gasteiger partial charge in [-0.05, 0) is 37.1 Å². The van der Waals surface area contributed by atoms with Gasteiger partial charge >= 0.3 is 12.1 Å². The molecule has 1 aromatic heterocycles. The van der Waals surface area contributed by atoms with Crippen LogP contribution < -0.4 is 10.6 Å². The van der Waals surface area contributed by atoms with E-state index in [4.69, 9.17) is 9.26 Å². The van der Waals surface area contributed by atoms with Crippen molar-refractivity contribution >= 4 is 17.8 Å². The Balaban J connectivity index is 1.36. The number of carbonyl (C=O) groups excluding carboxylic acids is 2. The third-order valence-corrected chi connectivity index (χ3v) is 5.22. The molecule has 9 heteroatoms. The summed E-state index contributed by atoms with van der Waals surface area (Å²) >= 11 is 0. The van der Waals surface area contributed by atoms with Gasteiger partial charge in [0.25, 0.3) is 5.89 Å². The molecule has 1 atom stereocenters. The first kappa shape index (κ1) is 18.3. The zero-order valence-corrected chi connectivity index (χ0v) is 15.7. The minimum Gasteiger partial charge on any atom is -0.441 e. The van der Waals surface area contributed by atoms with E-state index < -0.39 is 5.60 Å². The van der Waals surface area contributed by atoms with Crippen molar-refractivity contribution in [2.45, 2.75) is 38.2 Å². The van der Waals surface area contributed by atoms with Gasteiger partial charge < -0.3 is 24.8 Å². The Bertz CT molecular complexity index is 865. The summed E-state index contributed by atoms with van der Waals surface area (Å²) in [7, 11) is 0. The van der Waals surface area contributed by atoms with Gasteiger partial charge in [-0.2, -0.15) is 4.98 Å². The average Bonchev–Trinajstić information content (AvgIpc) is 3.26. The number of alkyl carbamates (subject to hydrolysis) is 1. The first-order chi connectivity index (χ1) is 13.6. The van der Waals surface area contributed by atoms with Crippen molar-refractivity contribution in [3.63, 3.8) is 0 Å². The average molecular weight is 385 g/mol. The number of rotatable bonds is 3. The van der Waals surface area contributed by atoms with Crippen molar-refractivity contribution in [2.24, 2.45) is 0 Å². The fraction of sp³-hybridized carbons (Fsp3) is 0.474. The summed E-state index contributed by atoms with van der Waals surface area (Å²) in [6.07, 6.45) is 2.52. The third kappa shape index (κ3) is 3.78. The number of carbonyl (C=O) groups is 2. The Kier molecular flexibility index (Phi) is 4.89. The van der Waals surface area contributed by atoms with Crippen LogP contribution in [0.4, 0.5) is 15.3 Å². The molecule has 3 heterocycles. The number of nitrogens with zero attached hydrogens (tertiary/aromatic N) is 3. The number of amides is 3. The van der Waals surface area contributed by atoms with E-state index in [2.05, 4.69) is 20.8 Å². The first-order valence-corrected chi connectivity index (χ1v) is 9.53. The summed E-state index contributed by atoms with van der Waals surface area (Å²) in [6, 6.07) is 7.14. The number of likely N-dealkylation sites (tertiary alicyclic amines) is 1. The molecule has 2 saturated heterocycles. The molecular formula is C19H23N5O4. The molecule has 2 aliphatic rings. The van der Waals surface area contributed by atoms with E-state index in [9.17, 15) is 9.59 Å². The van der Waals surface area contributed by atoms with Gasteiger partial charge in [0.05, 0.1) is 6.54 Å². The summed E-state index contributed by atoms with van der Waals surface area (Å²) in [4.78, 5) is 30.1. The summed E-state index contributed by atoms with van der Waals surface area (Å²) in [6.45, 7) is 3.65. The maximum atomic E-state index is 12.6. The van der Waals surface area contributed by atoms with Crippen molar-refractivity contribution in [2.75, 3.05) is 25.0 Å². The molecule has 0 radical (unpaired) electrons. The highest BCUT2D eigenvalue weighted by Crippen LogP contribution is 2.29. The molecule has 3 amide bonds. The van der Waals surface area contributed by atoms with E-state index in [0.29, 0.717) is 49.9 Å². The first-order valence-electron chi connectivity index (χ1n) is 9.53. The lowest BCUT2D eigenvalue weighted by Crippen LogP contribution is -2.38. The lowest BCUT2D eigenvalue weighted by Gasteiger charge is -2.25. The fourth-order valence-electron chi connectivity index (χ4n) is 3.57. The highest BCUT2D eigenvalue weighted by Gasteiger charge is 2.41. The van der Waals surface area contributed by atoms with Crippen LogP contribution in [-0.4, -0.2) is 52.4 Å². The molecule has 0 bridgehead atoms. The molecule has 2 aliphatic heterocycles. The standard InChI is InChI=1S/C19H23N5O4/c1-2-15-22-16(28-23-15)13-4-6-14(7-5-13)21-17(25)24-10-3-8-19(9-11-24)12-20-18(26)27-19/h4-7H,2-3,8-12H2,1H3,(H,20,26)(H,21,25). The van der Waals surface area contributed by atoms with E-state index in [1.807, 2.05) is 31.2 Å². The minimum absolute atomic E-state index is 0.159. The van der Waals surface area contributed by atoms with Crippen molar-refractivity contribution in [1.29, 1.82) is 0 Å². The van der Waals surface area contributed by atoms with Gasteiger partial charge in [0.15, 0.2) is 5.82 Å². The Morgan fingerprint density at radius 2 is 2.11 bits per heavy atom. The molecule has 4 rings (SSSR count). The van der Waals surface area contributed by atoms with Gasteiger partial charge in [-0.15, -0.1) is 0 Å². The smallest absolute Gasteiger partial charge is 0.407 e. The maximum Gasteiger partial charge on any atom is 0.407 e. The van der Waals surface area contributed by atoms with Crippen LogP contribution in [0.3, 0.4) is 0 Å². The number of hydrogen-bond acceptors (Lipinski definition) is 6. The Morgan fingerprint density at radius 3 is 2.79 bits per heavy atom. The Labute approximate surface area is 162 Å². The predicted molar refractivity (Wildman–Crippen MR) is 101 cm³/mol. The Morgan fingerprint density at radius 1 is 1.29 bits per heavy atom. The van der Waals surface area contributed by atoms with Crippen LogP contribution in [0.2, 0.25) is 0 Å². The second-order valence-corrected chi connectivity index (χ2v) is 7.14. The molecule has 1 unspecified atom stereocenters. The van der Waals surface area contributed by atoms with Crippen LogP contribution in [0, 0.1) is 0 Å². The monoisotopic (exact) mass is 385 g/mol. The SMILES string of the molecule is CCc1noc(-c2ccc(NC(=O)N3CCCC4(CC3)CNC(=O)O4)cc2)n1. The highest BCUT2D eigenvalue weighted by molar-refractivity contribution is 5.89. The highest BCUT2D eigenvalue weighted by atomic mass is 16.6. The quantitative estimate of drug-likeness (QED) is 0.841. The van der Waals surface area contributed by atoms with Crippen LogP contribution in [-0.2, 0) is 11.2 Å². The minimum atomic E-state index is -0.477. The van der Waals surface area contributed by atoms with E-state index >= 15 is 0 Å². The second-order valence-electron chi connectivity index (χ2n) is 7.14. The van der Waals surface area contributed by atoms with Gasteiger partial charge in [0.2, 0.25) is 0 Å². The number of ether oxygens (including phenoxy) is 1. The van der Waals surface area contributed by atoms with Gasteiger partial charge in [-0.25, -0.2) is 9.59 Å². The summed E-state index contributed by atoms with van der Waals surface area (Å²) < 4.78 is 10.7. The molecule has 2 N–H and O–H groups in total. The number of urea groups is 1. The van der Waals surface area contributed by atoms with Crippen molar-refractivity contribution in [3.05, 3.63) is 30.1 Å². The molecule has 1 aromatic carbocycles. The number of aromatic nitrogens is 2. The molecular weight excluding hydrogens is 362 g/mol. The van der Waals surface area contributed by atoms with Crippen LogP contribution in [0.1, 0.15) is 32.0 Å². The van der Waals surface area contributed by atoms with E-state index in [1.165, 1.54) is 0 Å². The number of aryl methyl sites for hydroxylation is 1. The molecule has 9 nitrogen and oxygen atoms in total. The molecule has 2 aromatic rings. The van der Waals surface area contributed by atoms with E-state index in [1.54, 1.807) is 4.90 Å². The van der Waals surface area contributed by atoms with Gasteiger partial charge in [-0.3, -0.25) is 0 Å². The molecule has 2 fully saturated rings. The molecule has 0 saturated carbocycles.